The summed E-state index contributed by atoms with van der Waals surface area (Å²) in [6.45, 7) is 12.0. The van der Waals surface area contributed by atoms with Crippen molar-refractivity contribution in [2.24, 2.45) is 5.92 Å². The van der Waals surface area contributed by atoms with E-state index >= 15 is 0 Å². The van der Waals surface area contributed by atoms with Gasteiger partial charge in [0.05, 0.1) is 0 Å². The summed E-state index contributed by atoms with van der Waals surface area (Å²) in [6, 6.07) is 11.5. The molecule has 0 unspecified atom stereocenters. The lowest BCUT2D eigenvalue weighted by molar-refractivity contribution is -0.133. The van der Waals surface area contributed by atoms with E-state index in [-0.39, 0.29) is 0 Å². The SMILES string of the molecule is CCN1CCN(C(=O)CCC2CCN([C@@H](C)CCc3ccccc3)CC2)CC1. The minimum absolute atomic E-state index is 0.384. The van der Waals surface area contributed by atoms with Crippen LogP contribution in [-0.4, -0.2) is 72.5 Å². The quantitative estimate of drug-likeness (QED) is 0.683. The zero-order chi connectivity index (χ0) is 19.8. The van der Waals surface area contributed by atoms with Gasteiger partial charge in [-0.1, -0.05) is 37.3 Å². The van der Waals surface area contributed by atoms with E-state index < -0.39 is 0 Å². The van der Waals surface area contributed by atoms with Crippen LogP contribution in [0.4, 0.5) is 0 Å². The molecule has 0 saturated carbocycles. The van der Waals surface area contributed by atoms with E-state index in [1.165, 1.54) is 44.3 Å². The van der Waals surface area contributed by atoms with Gasteiger partial charge in [0.15, 0.2) is 0 Å². The van der Waals surface area contributed by atoms with Crippen LogP contribution in [0.5, 0.6) is 0 Å². The van der Waals surface area contributed by atoms with E-state index in [1.807, 2.05) is 0 Å². The van der Waals surface area contributed by atoms with Gasteiger partial charge in [-0.05, 0) is 70.1 Å². The van der Waals surface area contributed by atoms with E-state index in [0.717, 1.165) is 51.5 Å². The molecule has 2 aliphatic rings. The predicted octanol–water partition coefficient (Wildman–Crippen LogP) is 3.66. The number of piperidine rings is 1. The molecule has 4 heteroatoms. The van der Waals surface area contributed by atoms with Crippen LogP contribution in [-0.2, 0) is 11.2 Å². The first kappa shape index (κ1) is 21.3. The molecule has 0 N–H and O–H groups in total. The van der Waals surface area contributed by atoms with Gasteiger partial charge in [-0.15, -0.1) is 0 Å². The van der Waals surface area contributed by atoms with Crippen molar-refractivity contribution in [3.05, 3.63) is 35.9 Å². The summed E-state index contributed by atoms with van der Waals surface area (Å²) in [5.41, 5.74) is 1.45. The topological polar surface area (TPSA) is 26.8 Å². The Kier molecular flexibility index (Phi) is 8.35. The maximum atomic E-state index is 12.5. The Morgan fingerprint density at radius 3 is 2.36 bits per heavy atom. The average molecular weight is 386 g/mol. The second-order valence-corrected chi connectivity index (χ2v) is 8.71. The molecule has 28 heavy (non-hydrogen) atoms. The lowest BCUT2D eigenvalue weighted by atomic mass is 9.90. The molecule has 0 aromatic heterocycles. The molecule has 4 nitrogen and oxygen atoms in total. The van der Waals surface area contributed by atoms with Gasteiger partial charge >= 0.3 is 0 Å². The van der Waals surface area contributed by atoms with Gasteiger partial charge in [0.2, 0.25) is 5.91 Å². The maximum absolute atomic E-state index is 12.5. The number of carbonyl (C=O) groups is 1. The fraction of sp³-hybridized carbons (Fsp3) is 0.708. The van der Waals surface area contributed by atoms with E-state index in [2.05, 4.69) is 58.9 Å². The summed E-state index contributed by atoms with van der Waals surface area (Å²) in [4.78, 5) is 19.7. The minimum Gasteiger partial charge on any atom is -0.340 e. The molecule has 2 fully saturated rings. The monoisotopic (exact) mass is 385 g/mol. The van der Waals surface area contributed by atoms with Crippen LogP contribution < -0.4 is 0 Å². The normalized spacial score (nSPS) is 21.0. The number of aryl methyl sites for hydroxylation is 1. The first-order valence-corrected chi connectivity index (χ1v) is 11.4. The summed E-state index contributed by atoms with van der Waals surface area (Å²) in [5.74, 6) is 1.12. The second-order valence-electron chi connectivity index (χ2n) is 8.71. The first-order valence-electron chi connectivity index (χ1n) is 11.4. The molecule has 1 aromatic carbocycles. The second kappa shape index (κ2) is 11.0. The van der Waals surface area contributed by atoms with Crippen molar-refractivity contribution in [3.63, 3.8) is 0 Å². The molecular weight excluding hydrogens is 346 g/mol. The van der Waals surface area contributed by atoms with E-state index in [1.54, 1.807) is 0 Å². The number of amides is 1. The van der Waals surface area contributed by atoms with Crippen molar-refractivity contribution >= 4 is 5.91 Å². The molecule has 0 aliphatic carbocycles. The largest absolute Gasteiger partial charge is 0.340 e. The number of carbonyl (C=O) groups excluding carboxylic acids is 1. The number of nitrogens with zero attached hydrogens (tertiary/aromatic N) is 3. The van der Waals surface area contributed by atoms with Crippen molar-refractivity contribution in [2.45, 2.75) is 58.4 Å². The molecule has 1 atom stereocenters. The third-order valence-corrected chi connectivity index (χ3v) is 6.90. The van der Waals surface area contributed by atoms with Crippen LogP contribution in [0.3, 0.4) is 0 Å². The molecule has 156 valence electrons. The zero-order valence-electron chi connectivity index (χ0n) is 18.0. The number of piperazine rings is 1. The van der Waals surface area contributed by atoms with Gasteiger partial charge in [-0.2, -0.15) is 0 Å². The van der Waals surface area contributed by atoms with E-state index in [9.17, 15) is 4.79 Å². The summed E-state index contributed by atoms with van der Waals surface area (Å²) < 4.78 is 0. The van der Waals surface area contributed by atoms with Crippen molar-refractivity contribution < 1.29 is 4.79 Å². The molecule has 2 saturated heterocycles. The lowest BCUT2D eigenvalue weighted by Crippen LogP contribution is -2.48. The Morgan fingerprint density at radius 1 is 1.04 bits per heavy atom. The summed E-state index contributed by atoms with van der Waals surface area (Å²) in [5, 5.41) is 0. The summed E-state index contributed by atoms with van der Waals surface area (Å²) in [7, 11) is 0. The van der Waals surface area contributed by atoms with Crippen molar-refractivity contribution in [1.29, 1.82) is 0 Å². The number of likely N-dealkylation sites (tertiary alicyclic amines) is 1. The van der Waals surface area contributed by atoms with Gasteiger partial charge in [0, 0.05) is 38.6 Å². The van der Waals surface area contributed by atoms with Crippen LogP contribution in [0, 0.1) is 5.92 Å². The number of likely N-dealkylation sites (N-methyl/N-ethyl adjacent to an activating group) is 1. The fourth-order valence-corrected chi connectivity index (χ4v) is 4.68. The smallest absolute Gasteiger partial charge is 0.222 e. The van der Waals surface area contributed by atoms with Crippen LogP contribution in [0.1, 0.15) is 51.5 Å². The van der Waals surface area contributed by atoms with Crippen LogP contribution in [0.25, 0.3) is 0 Å². The molecule has 0 spiro atoms. The standard InChI is InChI=1S/C24H39N3O/c1-3-25-17-19-27(20-18-25)24(28)12-11-23-13-15-26(16-14-23)21(2)9-10-22-7-5-4-6-8-22/h4-8,21,23H,3,9-20H2,1-2H3/t21-/m0/s1. The predicted molar refractivity (Wildman–Crippen MR) is 116 cm³/mol. The van der Waals surface area contributed by atoms with Crippen LogP contribution >= 0.6 is 0 Å². The third kappa shape index (κ3) is 6.31. The van der Waals surface area contributed by atoms with Crippen molar-refractivity contribution in [1.82, 2.24) is 14.7 Å². The fourth-order valence-electron chi connectivity index (χ4n) is 4.68. The highest BCUT2D eigenvalue weighted by Crippen LogP contribution is 2.25. The van der Waals surface area contributed by atoms with Gasteiger partial charge < -0.3 is 14.7 Å². The van der Waals surface area contributed by atoms with Gasteiger partial charge in [0.1, 0.15) is 0 Å². The first-order chi connectivity index (χ1) is 13.7. The Hall–Kier alpha value is -1.39. The number of hydrogen-bond acceptors (Lipinski definition) is 3. The van der Waals surface area contributed by atoms with E-state index in [4.69, 9.17) is 0 Å². The Balaban J connectivity index is 1.31. The minimum atomic E-state index is 0.384. The van der Waals surface area contributed by atoms with Crippen LogP contribution in [0.15, 0.2) is 30.3 Å². The maximum Gasteiger partial charge on any atom is 0.222 e. The highest BCUT2D eigenvalue weighted by atomic mass is 16.2. The zero-order valence-corrected chi connectivity index (χ0v) is 18.0. The Labute approximate surface area is 171 Å². The molecule has 3 rings (SSSR count). The lowest BCUT2D eigenvalue weighted by Gasteiger charge is -2.37. The molecule has 2 heterocycles. The number of rotatable bonds is 8. The summed E-state index contributed by atoms with van der Waals surface area (Å²) >= 11 is 0. The molecule has 2 aliphatic heterocycles. The van der Waals surface area contributed by atoms with Crippen molar-refractivity contribution in [3.8, 4) is 0 Å². The molecular formula is C24H39N3O. The number of benzene rings is 1. The molecule has 0 radical (unpaired) electrons. The Bertz CT molecular complexity index is 575. The highest BCUT2D eigenvalue weighted by Gasteiger charge is 2.25. The van der Waals surface area contributed by atoms with Gasteiger partial charge in [0.25, 0.3) is 0 Å². The molecule has 1 amide bonds. The highest BCUT2D eigenvalue weighted by molar-refractivity contribution is 5.76. The summed E-state index contributed by atoms with van der Waals surface area (Å²) in [6.07, 6.45) is 6.75. The van der Waals surface area contributed by atoms with Gasteiger partial charge in [-0.25, -0.2) is 0 Å². The molecule has 0 bridgehead atoms. The van der Waals surface area contributed by atoms with Crippen molar-refractivity contribution in [2.75, 3.05) is 45.8 Å². The van der Waals surface area contributed by atoms with Gasteiger partial charge in [-0.3, -0.25) is 4.79 Å². The average Bonchev–Trinajstić information content (AvgIpc) is 2.77. The molecule has 1 aromatic rings. The van der Waals surface area contributed by atoms with Crippen LogP contribution in [0.2, 0.25) is 0 Å². The third-order valence-electron chi connectivity index (χ3n) is 6.90. The van der Waals surface area contributed by atoms with E-state index in [0.29, 0.717) is 11.9 Å². The Morgan fingerprint density at radius 2 is 1.71 bits per heavy atom. The number of hydrogen-bond donors (Lipinski definition) is 0.